The van der Waals surface area contributed by atoms with Crippen LogP contribution in [0.4, 0.5) is 4.79 Å². The fraction of sp³-hybridized carbons (Fsp3) is 0.118. The Kier molecular flexibility index (Phi) is 3.38. The van der Waals surface area contributed by atoms with Crippen LogP contribution in [0.2, 0.25) is 0 Å². The number of benzene rings is 2. The number of thioether (sulfide) groups is 1. The van der Waals surface area contributed by atoms with Crippen molar-refractivity contribution in [2.24, 2.45) is 0 Å². The summed E-state index contributed by atoms with van der Waals surface area (Å²) in [4.78, 5) is 21.3. The third-order valence-corrected chi connectivity index (χ3v) is 4.29. The van der Waals surface area contributed by atoms with E-state index < -0.39 is 0 Å². The highest BCUT2D eigenvalue weighted by atomic mass is 32.2. The average Bonchev–Trinajstić information content (AvgIpc) is 2.95. The van der Waals surface area contributed by atoms with Crippen molar-refractivity contribution in [3.63, 3.8) is 0 Å². The van der Waals surface area contributed by atoms with Gasteiger partial charge in [0.25, 0.3) is 0 Å². The quantitative estimate of drug-likeness (QED) is 0.313. The number of imidazole rings is 1. The van der Waals surface area contributed by atoms with Gasteiger partial charge in [-0.2, -0.15) is 0 Å². The van der Waals surface area contributed by atoms with Gasteiger partial charge in [-0.1, -0.05) is 24.3 Å². The number of carbonyl (C=O) groups is 1. The topological polar surface area (TPSA) is 56.5 Å². The molecule has 0 spiro atoms. The molecule has 0 radical (unpaired) electrons. The van der Waals surface area contributed by atoms with Crippen LogP contribution in [0.5, 0.6) is 0 Å². The predicted molar refractivity (Wildman–Crippen MR) is 90.9 cm³/mol. The largest absolute Gasteiger partial charge is 0.458 e. The van der Waals surface area contributed by atoms with E-state index in [2.05, 4.69) is 4.98 Å². The van der Waals surface area contributed by atoms with Crippen LogP contribution in [0.3, 0.4) is 0 Å². The Hall–Kier alpha value is -2.60. The number of hydrogen-bond donors (Lipinski definition) is 0. The minimum absolute atomic E-state index is 0.341. The third kappa shape index (κ3) is 2.31. The summed E-state index contributed by atoms with van der Waals surface area (Å²) in [5, 5.41) is 1.15. The van der Waals surface area contributed by atoms with Gasteiger partial charge in [-0.15, -0.1) is 0 Å². The molecule has 2 heterocycles. The molecule has 5 nitrogen and oxygen atoms in total. The zero-order chi connectivity index (χ0) is 15.8. The zero-order valence-electron chi connectivity index (χ0n) is 12.4. The third-order valence-electron chi connectivity index (χ3n) is 3.55. The van der Waals surface area contributed by atoms with Crippen LogP contribution < -0.4 is 0 Å². The standard InChI is InChI=1S/C17H13N3O2S/c1-2-22-17(21)23-16-19-12-8-4-3-7-11(12)15-18-13-9-5-6-10-14(13)20(15)16/h3-10H,2H2,1H3. The van der Waals surface area contributed by atoms with Crippen molar-refractivity contribution in [3.8, 4) is 0 Å². The number of nitrogens with zero attached hydrogens (tertiary/aromatic N) is 3. The Morgan fingerprint density at radius 3 is 2.65 bits per heavy atom. The summed E-state index contributed by atoms with van der Waals surface area (Å²) >= 11 is 0.983. The maximum absolute atomic E-state index is 11.9. The van der Waals surface area contributed by atoms with Gasteiger partial charge < -0.3 is 4.74 Å². The lowest BCUT2D eigenvalue weighted by atomic mass is 10.2. The Morgan fingerprint density at radius 2 is 1.83 bits per heavy atom. The highest BCUT2D eigenvalue weighted by Crippen LogP contribution is 2.29. The molecule has 4 rings (SSSR count). The predicted octanol–water partition coefficient (Wildman–Crippen LogP) is 4.28. The molecule has 0 amide bonds. The van der Waals surface area contributed by atoms with Gasteiger partial charge in [0.2, 0.25) is 0 Å². The summed E-state index contributed by atoms with van der Waals surface area (Å²) in [6.45, 7) is 2.13. The molecule has 0 fully saturated rings. The maximum atomic E-state index is 11.9. The van der Waals surface area contributed by atoms with Crippen LogP contribution in [-0.2, 0) is 4.74 Å². The van der Waals surface area contributed by atoms with Gasteiger partial charge in [-0.3, -0.25) is 4.40 Å². The average molecular weight is 323 g/mol. The molecule has 23 heavy (non-hydrogen) atoms. The lowest BCUT2D eigenvalue weighted by Gasteiger charge is -2.07. The Balaban J connectivity index is 2.07. The van der Waals surface area contributed by atoms with Gasteiger partial charge in [0.1, 0.15) is 5.65 Å². The Bertz CT molecular complexity index is 1040. The SMILES string of the molecule is CCOC(=O)Sc1nc2ccccc2c2nc3ccccc3n12. The molecular weight excluding hydrogens is 310 g/mol. The van der Waals surface area contributed by atoms with E-state index >= 15 is 0 Å². The molecule has 114 valence electrons. The number of carbonyl (C=O) groups excluding carboxylic acids is 1. The lowest BCUT2D eigenvalue weighted by Crippen LogP contribution is -2.02. The highest BCUT2D eigenvalue weighted by molar-refractivity contribution is 8.13. The van der Waals surface area contributed by atoms with Gasteiger partial charge in [0.05, 0.1) is 23.2 Å². The van der Waals surface area contributed by atoms with Crippen molar-refractivity contribution in [1.29, 1.82) is 0 Å². The normalized spacial score (nSPS) is 11.3. The smallest absolute Gasteiger partial charge is 0.375 e. The van der Waals surface area contributed by atoms with E-state index in [0.29, 0.717) is 11.8 Å². The van der Waals surface area contributed by atoms with E-state index in [1.807, 2.05) is 52.9 Å². The number of fused-ring (bicyclic) bond motifs is 5. The van der Waals surface area contributed by atoms with Crippen LogP contribution in [0, 0.1) is 0 Å². The van der Waals surface area contributed by atoms with Crippen LogP contribution in [0.1, 0.15) is 6.92 Å². The first-order valence-corrected chi connectivity index (χ1v) is 8.10. The minimum atomic E-state index is -0.366. The molecule has 0 aliphatic rings. The molecule has 0 N–H and O–H groups in total. The first-order valence-electron chi connectivity index (χ1n) is 7.28. The summed E-state index contributed by atoms with van der Waals surface area (Å²) in [6, 6.07) is 15.6. The summed E-state index contributed by atoms with van der Waals surface area (Å²) in [6.07, 6.45) is 0. The van der Waals surface area contributed by atoms with E-state index in [1.54, 1.807) is 6.92 Å². The van der Waals surface area contributed by atoms with Gasteiger partial charge in [0.15, 0.2) is 5.16 Å². The van der Waals surface area contributed by atoms with Crippen LogP contribution >= 0.6 is 11.8 Å². The molecule has 0 bridgehead atoms. The Labute approximate surface area is 136 Å². The second-order valence-electron chi connectivity index (χ2n) is 4.96. The monoisotopic (exact) mass is 323 g/mol. The van der Waals surface area contributed by atoms with Gasteiger partial charge >= 0.3 is 5.30 Å². The number of para-hydroxylation sites is 3. The molecule has 0 aliphatic heterocycles. The van der Waals surface area contributed by atoms with Crippen LogP contribution in [0.15, 0.2) is 53.7 Å². The number of rotatable bonds is 2. The van der Waals surface area contributed by atoms with Crippen LogP contribution in [0.25, 0.3) is 27.6 Å². The Morgan fingerprint density at radius 1 is 1.09 bits per heavy atom. The maximum Gasteiger partial charge on any atom is 0.375 e. The van der Waals surface area contributed by atoms with E-state index in [-0.39, 0.29) is 5.30 Å². The van der Waals surface area contributed by atoms with Crippen molar-refractivity contribution in [1.82, 2.24) is 14.4 Å². The number of hydrogen-bond acceptors (Lipinski definition) is 5. The lowest BCUT2D eigenvalue weighted by molar-refractivity contribution is 0.181. The molecular formula is C17H13N3O2S. The van der Waals surface area contributed by atoms with E-state index in [0.717, 1.165) is 39.3 Å². The molecule has 0 saturated heterocycles. The van der Waals surface area contributed by atoms with Crippen LogP contribution in [-0.4, -0.2) is 26.3 Å². The minimum Gasteiger partial charge on any atom is -0.458 e. The summed E-state index contributed by atoms with van der Waals surface area (Å²) in [5.41, 5.74) is 3.40. The summed E-state index contributed by atoms with van der Waals surface area (Å²) in [7, 11) is 0. The van der Waals surface area contributed by atoms with Crippen molar-refractivity contribution in [2.45, 2.75) is 12.1 Å². The first kappa shape index (κ1) is 14.0. The summed E-state index contributed by atoms with van der Waals surface area (Å²) < 4.78 is 6.96. The molecule has 2 aromatic carbocycles. The fourth-order valence-electron chi connectivity index (χ4n) is 2.60. The second kappa shape index (κ2) is 5.55. The van der Waals surface area contributed by atoms with Crippen molar-refractivity contribution in [3.05, 3.63) is 48.5 Å². The van der Waals surface area contributed by atoms with Crippen molar-refractivity contribution in [2.75, 3.05) is 6.61 Å². The zero-order valence-corrected chi connectivity index (χ0v) is 13.2. The molecule has 6 heteroatoms. The second-order valence-corrected chi connectivity index (χ2v) is 5.86. The van der Waals surface area contributed by atoms with E-state index in [9.17, 15) is 4.79 Å². The summed E-state index contributed by atoms with van der Waals surface area (Å²) in [5.74, 6) is 0. The molecule has 0 atom stereocenters. The van der Waals surface area contributed by atoms with Gasteiger partial charge in [-0.25, -0.2) is 14.8 Å². The number of ether oxygens (including phenoxy) is 1. The highest BCUT2D eigenvalue weighted by Gasteiger charge is 2.17. The molecule has 0 saturated carbocycles. The van der Waals surface area contributed by atoms with E-state index in [1.165, 1.54) is 0 Å². The van der Waals surface area contributed by atoms with Crippen molar-refractivity contribution >= 4 is 44.6 Å². The molecule has 4 aromatic rings. The van der Waals surface area contributed by atoms with Gasteiger partial charge in [-0.05, 0) is 31.2 Å². The molecule has 2 aromatic heterocycles. The number of aromatic nitrogens is 3. The van der Waals surface area contributed by atoms with Gasteiger partial charge in [0, 0.05) is 17.1 Å². The first-order chi connectivity index (χ1) is 11.3. The fourth-order valence-corrected chi connectivity index (χ4v) is 3.35. The van der Waals surface area contributed by atoms with E-state index in [4.69, 9.17) is 9.72 Å². The molecule has 0 aliphatic carbocycles. The molecule has 0 unspecified atom stereocenters. The van der Waals surface area contributed by atoms with Crippen molar-refractivity contribution < 1.29 is 9.53 Å².